The van der Waals surface area contributed by atoms with Gasteiger partial charge in [-0.15, -0.1) is 0 Å². The summed E-state index contributed by atoms with van der Waals surface area (Å²) in [7, 11) is 0. The van der Waals surface area contributed by atoms with Gasteiger partial charge >= 0.3 is 0 Å². The number of halogens is 1. The summed E-state index contributed by atoms with van der Waals surface area (Å²) in [5.74, 6) is -0.282. The molecule has 1 unspecified atom stereocenters. The molecule has 0 saturated carbocycles. The normalized spacial score (nSPS) is 19.2. The van der Waals surface area contributed by atoms with E-state index >= 15 is 0 Å². The van der Waals surface area contributed by atoms with Gasteiger partial charge in [-0.3, -0.25) is 9.69 Å². The molecular formula is C13H18BrN3O. The number of nitrogens with zero attached hydrogens (tertiary/aromatic N) is 1. The van der Waals surface area contributed by atoms with Gasteiger partial charge in [0, 0.05) is 24.1 Å². The fourth-order valence-corrected chi connectivity index (χ4v) is 2.77. The molecule has 1 aliphatic heterocycles. The summed E-state index contributed by atoms with van der Waals surface area (Å²) in [6.07, 6.45) is 1.04. The number of carbonyl (C=O) groups excluding carboxylic acids is 1. The fourth-order valence-electron chi connectivity index (χ4n) is 2.36. The highest BCUT2D eigenvalue weighted by Gasteiger charge is 2.26. The Labute approximate surface area is 116 Å². The third kappa shape index (κ3) is 3.31. The molecule has 1 fully saturated rings. The van der Waals surface area contributed by atoms with E-state index in [0.29, 0.717) is 0 Å². The van der Waals surface area contributed by atoms with E-state index in [2.05, 4.69) is 26.1 Å². The van der Waals surface area contributed by atoms with Crippen LogP contribution < -0.4 is 11.1 Å². The molecule has 3 N–H and O–H groups in total. The zero-order chi connectivity index (χ0) is 13.0. The maximum absolute atomic E-state index is 11.8. The minimum absolute atomic E-state index is 0.282. The maximum Gasteiger partial charge on any atom is 0.239 e. The first-order valence-electron chi connectivity index (χ1n) is 6.18. The predicted molar refractivity (Wildman–Crippen MR) is 75.1 cm³/mol. The van der Waals surface area contributed by atoms with Crippen LogP contribution in [0.15, 0.2) is 28.7 Å². The van der Waals surface area contributed by atoms with Gasteiger partial charge in [-0.25, -0.2) is 0 Å². The molecule has 2 rings (SSSR count). The molecule has 0 aliphatic carbocycles. The summed E-state index contributed by atoms with van der Waals surface area (Å²) in [6.45, 7) is 3.64. The first-order chi connectivity index (χ1) is 8.68. The SMILES string of the molecule is NC(=O)C(c1cccc(Br)c1)N1CCCNCC1. The van der Waals surface area contributed by atoms with Crippen LogP contribution in [0.1, 0.15) is 18.0 Å². The Morgan fingerprint density at radius 3 is 2.94 bits per heavy atom. The topological polar surface area (TPSA) is 58.4 Å². The van der Waals surface area contributed by atoms with Crippen LogP contribution in [-0.2, 0) is 4.79 Å². The van der Waals surface area contributed by atoms with Crippen LogP contribution in [0.3, 0.4) is 0 Å². The van der Waals surface area contributed by atoms with Crippen molar-refractivity contribution in [2.45, 2.75) is 12.5 Å². The van der Waals surface area contributed by atoms with Gasteiger partial charge in [0.05, 0.1) is 0 Å². The molecular weight excluding hydrogens is 294 g/mol. The van der Waals surface area contributed by atoms with Crippen molar-refractivity contribution < 1.29 is 4.79 Å². The quantitative estimate of drug-likeness (QED) is 0.884. The van der Waals surface area contributed by atoms with Gasteiger partial charge in [-0.1, -0.05) is 28.1 Å². The van der Waals surface area contributed by atoms with Crippen molar-refractivity contribution in [1.29, 1.82) is 0 Å². The van der Waals surface area contributed by atoms with Crippen LogP contribution in [-0.4, -0.2) is 37.0 Å². The molecule has 1 amide bonds. The van der Waals surface area contributed by atoms with Crippen molar-refractivity contribution in [2.24, 2.45) is 5.73 Å². The lowest BCUT2D eigenvalue weighted by molar-refractivity contribution is -0.123. The Kier molecular flexibility index (Phi) is 4.74. The van der Waals surface area contributed by atoms with Crippen molar-refractivity contribution in [2.75, 3.05) is 26.2 Å². The molecule has 1 heterocycles. The molecule has 0 radical (unpaired) electrons. The van der Waals surface area contributed by atoms with Crippen molar-refractivity contribution in [1.82, 2.24) is 10.2 Å². The van der Waals surface area contributed by atoms with Crippen LogP contribution in [0, 0.1) is 0 Å². The summed E-state index contributed by atoms with van der Waals surface area (Å²) < 4.78 is 0.971. The van der Waals surface area contributed by atoms with E-state index in [1.54, 1.807) is 0 Å². The Morgan fingerprint density at radius 2 is 2.22 bits per heavy atom. The Balaban J connectivity index is 2.24. The maximum atomic E-state index is 11.8. The van der Waals surface area contributed by atoms with Crippen molar-refractivity contribution in [3.05, 3.63) is 34.3 Å². The number of primary amides is 1. The standard InChI is InChI=1S/C13H18BrN3O/c14-11-4-1-3-10(9-11)12(13(15)18)17-7-2-5-16-6-8-17/h1,3-4,9,12,16H,2,5-8H2,(H2,15,18). The van der Waals surface area contributed by atoms with E-state index in [1.807, 2.05) is 24.3 Å². The Hall–Kier alpha value is -0.910. The zero-order valence-corrected chi connectivity index (χ0v) is 11.8. The predicted octanol–water partition coefficient (Wildman–Crippen LogP) is 1.27. The molecule has 5 heteroatoms. The van der Waals surface area contributed by atoms with Crippen molar-refractivity contribution in [3.63, 3.8) is 0 Å². The number of benzene rings is 1. The molecule has 0 aromatic heterocycles. The second kappa shape index (κ2) is 6.31. The van der Waals surface area contributed by atoms with E-state index in [4.69, 9.17) is 5.73 Å². The average Bonchev–Trinajstić information content (AvgIpc) is 2.58. The van der Waals surface area contributed by atoms with Crippen molar-refractivity contribution >= 4 is 21.8 Å². The Morgan fingerprint density at radius 1 is 1.39 bits per heavy atom. The number of amides is 1. The zero-order valence-electron chi connectivity index (χ0n) is 10.2. The third-order valence-electron chi connectivity index (χ3n) is 3.17. The van der Waals surface area contributed by atoms with Crippen LogP contribution in [0.5, 0.6) is 0 Å². The summed E-state index contributed by atoms with van der Waals surface area (Å²) in [5, 5.41) is 3.33. The third-order valence-corrected chi connectivity index (χ3v) is 3.67. The van der Waals surface area contributed by atoms with E-state index < -0.39 is 0 Å². The fraction of sp³-hybridized carbons (Fsp3) is 0.462. The van der Waals surface area contributed by atoms with Crippen LogP contribution in [0.4, 0.5) is 0 Å². The Bertz CT molecular complexity index is 416. The summed E-state index contributed by atoms with van der Waals surface area (Å²) >= 11 is 3.44. The first kappa shape index (κ1) is 13.5. The summed E-state index contributed by atoms with van der Waals surface area (Å²) in [6, 6.07) is 7.48. The summed E-state index contributed by atoms with van der Waals surface area (Å²) in [5.41, 5.74) is 6.54. The highest BCUT2D eigenvalue weighted by atomic mass is 79.9. The van der Waals surface area contributed by atoms with Gasteiger partial charge in [-0.2, -0.15) is 0 Å². The van der Waals surface area contributed by atoms with Crippen LogP contribution in [0.25, 0.3) is 0 Å². The first-order valence-corrected chi connectivity index (χ1v) is 6.97. The molecule has 98 valence electrons. The largest absolute Gasteiger partial charge is 0.368 e. The monoisotopic (exact) mass is 311 g/mol. The van der Waals surface area contributed by atoms with E-state index in [1.165, 1.54) is 0 Å². The smallest absolute Gasteiger partial charge is 0.239 e. The molecule has 0 bridgehead atoms. The van der Waals surface area contributed by atoms with Crippen molar-refractivity contribution in [3.8, 4) is 0 Å². The van der Waals surface area contributed by atoms with Gasteiger partial charge in [0.1, 0.15) is 6.04 Å². The molecule has 1 aromatic rings. The minimum Gasteiger partial charge on any atom is -0.368 e. The number of nitrogens with one attached hydrogen (secondary N) is 1. The van der Waals surface area contributed by atoms with E-state index in [0.717, 1.165) is 42.6 Å². The van der Waals surface area contributed by atoms with Gasteiger partial charge in [0.15, 0.2) is 0 Å². The van der Waals surface area contributed by atoms with Gasteiger partial charge in [-0.05, 0) is 30.7 Å². The van der Waals surface area contributed by atoms with E-state index in [9.17, 15) is 4.79 Å². The van der Waals surface area contributed by atoms with Gasteiger partial charge in [0.2, 0.25) is 5.91 Å². The van der Waals surface area contributed by atoms with Crippen LogP contribution >= 0.6 is 15.9 Å². The number of rotatable bonds is 3. The lowest BCUT2D eigenvalue weighted by Crippen LogP contribution is -2.39. The molecule has 1 aromatic carbocycles. The number of nitrogens with two attached hydrogens (primary N) is 1. The second-order valence-corrected chi connectivity index (χ2v) is 5.42. The summed E-state index contributed by atoms with van der Waals surface area (Å²) in [4.78, 5) is 13.9. The lowest BCUT2D eigenvalue weighted by Gasteiger charge is -2.28. The van der Waals surface area contributed by atoms with Crippen LogP contribution in [0.2, 0.25) is 0 Å². The highest BCUT2D eigenvalue weighted by Crippen LogP contribution is 2.24. The van der Waals surface area contributed by atoms with Gasteiger partial charge < -0.3 is 11.1 Å². The number of hydrogen-bond donors (Lipinski definition) is 2. The lowest BCUT2D eigenvalue weighted by atomic mass is 10.0. The highest BCUT2D eigenvalue weighted by molar-refractivity contribution is 9.10. The number of hydrogen-bond acceptors (Lipinski definition) is 3. The second-order valence-electron chi connectivity index (χ2n) is 4.50. The molecule has 1 aliphatic rings. The minimum atomic E-state index is -0.331. The number of carbonyl (C=O) groups is 1. The molecule has 18 heavy (non-hydrogen) atoms. The molecule has 0 spiro atoms. The molecule has 4 nitrogen and oxygen atoms in total. The molecule has 1 saturated heterocycles. The average molecular weight is 312 g/mol. The molecule has 1 atom stereocenters. The van der Waals surface area contributed by atoms with E-state index in [-0.39, 0.29) is 11.9 Å². The van der Waals surface area contributed by atoms with Gasteiger partial charge in [0.25, 0.3) is 0 Å².